The summed E-state index contributed by atoms with van der Waals surface area (Å²) < 4.78 is 5.23. The Kier molecular flexibility index (Phi) is 5.86. The van der Waals surface area contributed by atoms with E-state index in [0.29, 0.717) is 13.1 Å². The number of fused-ring (bicyclic) bond motifs is 1. The van der Waals surface area contributed by atoms with Gasteiger partial charge in [0.25, 0.3) is 0 Å². The third kappa shape index (κ3) is 4.57. The maximum Gasteiger partial charge on any atom is 0.119 e. The number of ether oxygens (including phenoxy) is 1. The first kappa shape index (κ1) is 17.0. The zero-order valence-electron chi connectivity index (χ0n) is 14.2. The molecule has 4 heteroatoms. The van der Waals surface area contributed by atoms with Crippen LogP contribution in [-0.4, -0.2) is 42.9 Å². The molecule has 0 saturated heterocycles. The van der Waals surface area contributed by atoms with Crippen LogP contribution in [0.15, 0.2) is 48.5 Å². The standard InChI is InChI=1S/C20H26N2O2/c1-24-20-8-4-5-16(11-20)12-21-13-19(23)15-22-10-9-17-6-2-3-7-18(17)14-22/h2-8,11,19,21,23H,9-10,12-15H2,1H3/t19-/m1/s1. The maximum absolute atomic E-state index is 10.3. The van der Waals surface area contributed by atoms with Gasteiger partial charge in [0.05, 0.1) is 13.2 Å². The first-order valence-electron chi connectivity index (χ1n) is 8.55. The molecule has 1 atom stereocenters. The fourth-order valence-corrected chi connectivity index (χ4v) is 3.24. The van der Waals surface area contributed by atoms with Gasteiger partial charge in [-0.05, 0) is 35.2 Å². The van der Waals surface area contributed by atoms with Gasteiger partial charge in [0, 0.05) is 32.7 Å². The Hall–Kier alpha value is -1.88. The Morgan fingerprint density at radius 2 is 2.00 bits per heavy atom. The number of aliphatic hydroxyl groups is 1. The lowest BCUT2D eigenvalue weighted by atomic mass is 10.00. The number of hydrogen-bond donors (Lipinski definition) is 2. The van der Waals surface area contributed by atoms with Crippen LogP contribution in [0.5, 0.6) is 5.75 Å². The molecule has 0 fully saturated rings. The van der Waals surface area contributed by atoms with Crippen molar-refractivity contribution in [2.75, 3.05) is 26.7 Å². The SMILES string of the molecule is COc1cccc(CNC[C@@H](O)CN2CCc3ccccc3C2)c1. The minimum Gasteiger partial charge on any atom is -0.497 e. The van der Waals surface area contributed by atoms with Crippen LogP contribution in [0.4, 0.5) is 0 Å². The number of methoxy groups -OCH3 is 1. The minimum atomic E-state index is -0.360. The summed E-state index contributed by atoms with van der Waals surface area (Å²) in [5.41, 5.74) is 3.99. The minimum absolute atomic E-state index is 0.360. The van der Waals surface area contributed by atoms with Crippen LogP contribution in [0.3, 0.4) is 0 Å². The number of aliphatic hydroxyl groups excluding tert-OH is 1. The molecule has 0 aliphatic carbocycles. The van der Waals surface area contributed by atoms with E-state index in [9.17, 15) is 5.11 Å². The van der Waals surface area contributed by atoms with Crippen LogP contribution in [0, 0.1) is 0 Å². The van der Waals surface area contributed by atoms with E-state index in [1.165, 1.54) is 11.1 Å². The molecular formula is C20H26N2O2. The topological polar surface area (TPSA) is 44.7 Å². The van der Waals surface area contributed by atoms with Gasteiger partial charge in [-0.15, -0.1) is 0 Å². The molecule has 2 N–H and O–H groups in total. The van der Waals surface area contributed by atoms with Gasteiger partial charge in [0.15, 0.2) is 0 Å². The highest BCUT2D eigenvalue weighted by Gasteiger charge is 2.18. The quantitative estimate of drug-likeness (QED) is 0.819. The first-order chi connectivity index (χ1) is 11.7. The van der Waals surface area contributed by atoms with Crippen molar-refractivity contribution >= 4 is 0 Å². The molecule has 3 rings (SSSR count). The number of β-amino-alcohol motifs (C(OH)–C–C–N with tert-alkyl or cyclic N) is 1. The molecule has 2 aromatic rings. The molecule has 0 bridgehead atoms. The second-order valence-electron chi connectivity index (χ2n) is 6.39. The molecule has 1 heterocycles. The van der Waals surface area contributed by atoms with E-state index < -0.39 is 0 Å². The summed E-state index contributed by atoms with van der Waals surface area (Å²) >= 11 is 0. The Bertz CT molecular complexity index is 660. The molecular weight excluding hydrogens is 300 g/mol. The van der Waals surface area contributed by atoms with Crippen molar-refractivity contribution in [3.8, 4) is 5.75 Å². The fourth-order valence-electron chi connectivity index (χ4n) is 3.24. The number of benzene rings is 2. The van der Waals surface area contributed by atoms with Crippen molar-refractivity contribution in [2.24, 2.45) is 0 Å². The van der Waals surface area contributed by atoms with Gasteiger partial charge < -0.3 is 15.2 Å². The summed E-state index contributed by atoms with van der Waals surface area (Å²) in [5, 5.41) is 13.6. The zero-order valence-corrected chi connectivity index (χ0v) is 14.2. The molecule has 0 amide bonds. The van der Waals surface area contributed by atoms with Crippen LogP contribution >= 0.6 is 0 Å². The van der Waals surface area contributed by atoms with E-state index in [0.717, 1.165) is 37.4 Å². The van der Waals surface area contributed by atoms with Crippen molar-refractivity contribution in [3.05, 3.63) is 65.2 Å². The van der Waals surface area contributed by atoms with Crippen LogP contribution in [0.2, 0.25) is 0 Å². The van der Waals surface area contributed by atoms with E-state index in [4.69, 9.17) is 4.74 Å². The Balaban J connectivity index is 1.42. The van der Waals surface area contributed by atoms with Crippen LogP contribution < -0.4 is 10.1 Å². The monoisotopic (exact) mass is 326 g/mol. The molecule has 0 radical (unpaired) electrons. The van der Waals surface area contributed by atoms with E-state index in [2.05, 4.69) is 40.5 Å². The number of hydrogen-bond acceptors (Lipinski definition) is 4. The summed E-state index contributed by atoms with van der Waals surface area (Å²) in [4.78, 5) is 2.33. The first-order valence-corrected chi connectivity index (χ1v) is 8.55. The second kappa shape index (κ2) is 8.29. The lowest BCUT2D eigenvalue weighted by molar-refractivity contribution is 0.104. The fraction of sp³-hybridized carbons (Fsp3) is 0.400. The molecule has 4 nitrogen and oxygen atoms in total. The van der Waals surface area contributed by atoms with Gasteiger partial charge >= 0.3 is 0 Å². The van der Waals surface area contributed by atoms with Crippen molar-refractivity contribution < 1.29 is 9.84 Å². The van der Waals surface area contributed by atoms with Gasteiger partial charge in [-0.2, -0.15) is 0 Å². The average Bonchev–Trinajstić information content (AvgIpc) is 2.62. The van der Waals surface area contributed by atoms with Gasteiger partial charge in [-0.25, -0.2) is 0 Å². The molecule has 0 saturated carbocycles. The third-order valence-corrected chi connectivity index (χ3v) is 4.52. The molecule has 1 aliphatic rings. The van der Waals surface area contributed by atoms with E-state index in [1.54, 1.807) is 7.11 Å². The predicted octanol–water partition coefficient (Wildman–Crippen LogP) is 2.20. The van der Waals surface area contributed by atoms with Crippen molar-refractivity contribution in [2.45, 2.75) is 25.6 Å². The summed E-state index contributed by atoms with van der Waals surface area (Å²) in [6.07, 6.45) is 0.709. The van der Waals surface area contributed by atoms with Crippen molar-refractivity contribution in [3.63, 3.8) is 0 Å². The van der Waals surface area contributed by atoms with E-state index >= 15 is 0 Å². The average molecular weight is 326 g/mol. The van der Waals surface area contributed by atoms with Crippen molar-refractivity contribution in [1.29, 1.82) is 0 Å². The summed E-state index contributed by atoms with van der Waals surface area (Å²) in [7, 11) is 1.67. The lowest BCUT2D eigenvalue weighted by Crippen LogP contribution is -2.40. The van der Waals surface area contributed by atoms with E-state index in [1.807, 2.05) is 18.2 Å². The Morgan fingerprint density at radius 1 is 1.17 bits per heavy atom. The van der Waals surface area contributed by atoms with Crippen LogP contribution in [0.1, 0.15) is 16.7 Å². The summed E-state index contributed by atoms with van der Waals surface area (Å²) in [6, 6.07) is 16.6. The Morgan fingerprint density at radius 3 is 2.83 bits per heavy atom. The lowest BCUT2D eigenvalue weighted by Gasteiger charge is -2.30. The highest BCUT2D eigenvalue weighted by atomic mass is 16.5. The largest absolute Gasteiger partial charge is 0.497 e. The molecule has 1 aliphatic heterocycles. The predicted molar refractivity (Wildman–Crippen MR) is 96.1 cm³/mol. The summed E-state index contributed by atoms with van der Waals surface area (Å²) in [6.45, 7) is 3.99. The molecule has 128 valence electrons. The third-order valence-electron chi connectivity index (χ3n) is 4.52. The maximum atomic E-state index is 10.3. The van der Waals surface area contributed by atoms with E-state index in [-0.39, 0.29) is 6.10 Å². The Labute approximate surface area is 144 Å². The normalized spacial score (nSPS) is 15.8. The summed E-state index contributed by atoms with van der Waals surface area (Å²) in [5.74, 6) is 0.863. The van der Waals surface area contributed by atoms with Crippen LogP contribution in [-0.2, 0) is 19.5 Å². The number of rotatable bonds is 7. The molecule has 0 aromatic heterocycles. The zero-order chi connectivity index (χ0) is 16.8. The van der Waals surface area contributed by atoms with Gasteiger partial charge in [-0.3, -0.25) is 4.90 Å². The molecule has 0 spiro atoms. The molecule has 0 unspecified atom stereocenters. The van der Waals surface area contributed by atoms with Crippen molar-refractivity contribution in [1.82, 2.24) is 10.2 Å². The molecule has 24 heavy (non-hydrogen) atoms. The molecule has 2 aromatic carbocycles. The van der Waals surface area contributed by atoms with Crippen LogP contribution in [0.25, 0.3) is 0 Å². The van der Waals surface area contributed by atoms with Gasteiger partial charge in [0.1, 0.15) is 5.75 Å². The van der Waals surface area contributed by atoms with Gasteiger partial charge in [-0.1, -0.05) is 36.4 Å². The smallest absolute Gasteiger partial charge is 0.119 e. The highest BCUT2D eigenvalue weighted by Crippen LogP contribution is 2.18. The highest BCUT2D eigenvalue weighted by molar-refractivity contribution is 5.29. The number of nitrogens with one attached hydrogen (secondary N) is 1. The second-order valence-corrected chi connectivity index (χ2v) is 6.39. The van der Waals surface area contributed by atoms with Gasteiger partial charge in [0.2, 0.25) is 0 Å². The number of nitrogens with zero attached hydrogens (tertiary/aromatic N) is 1.